The van der Waals surface area contributed by atoms with E-state index in [0.717, 1.165) is 35.6 Å². The lowest BCUT2D eigenvalue weighted by atomic mass is 10.0. The molecule has 3 heterocycles. The van der Waals surface area contributed by atoms with Crippen LogP contribution >= 0.6 is 0 Å². The summed E-state index contributed by atoms with van der Waals surface area (Å²) < 4.78 is 16.3. The Balaban J connectivity index is 1.52. The second-order valence-corrected chi connectivity index (χ2v) is 5.90. The molecule has 0 bridgehead atoms. The predicted octanol–water partition coefficient (Wildman–Crippen LogP) is 1.08. The van der Waals surface area contributed by atoms with E-state index in [-0.39, 0.29) is 6.79 Å². The Morgan fingerprint density at radius 2 is 2.05 bits per heavy atom. The van der Waals surface area contributed by atoms with Gasteiger partial charge in [-0.3, -0.25) is 4.90 Å². The first-order valence-electron chi connectivity index (χ1n) is 7.23. The zero-order valence-electron chi connectivity index (χ0n) is 11.7. The van der Waals surface area contributed by atoms with Gasteiger partial charge in [0.15, 0.2) is 11.5 Å². The predicted molar refractivity (Wildman–Crippen MR) is 74.2 cm³/mol. The molecule has 2 fully saturated rings. The van der Waals surface area contributed by atoms with Crippen LogP contribution in [0.2, 0.25) is 0 Å². The number of hydrogen-bond acceptors (Lipinski definition) is 5. The van der Waals surface area contributed by atoms with Crippen LogP contribution in [0, 0.1) is 11.8 Å². The van der Waals surface area contributed by atoms with Crippen molar-refractivity contribution < 1.29 is 14.2 Å². The summed E-state index contributed by atoms with van der Waals surface area (Å²) in [5.74, 6) is 3.96. The van der Waals surface area contributed by atoms with Gasteiger partial charge in [-0.25, -0.2) is 0 Å². The van der Waals surface area contributed by atoms with E-state index >= 15 is 0 Å². The first-order valence-corrected chi connectivity index (χ1v) is 7.23. The normalized spacial score (nSPS) is 27.9. The SMILES string of the molecule is COc1cc(CN2CC3CNCC3C2)cc2c1OCO2. The highest BCUT2D eigenvalue weighted by atomic mass is 16.7. The van der Waals surface area contributed by atoms with Crippen LogP contribution in [-0.2, 0) is 6.54 Å². The van der Waals surface area contributed by atoms with Crippen molar-refractivity contribution in [3.8, 4) is 17.2 Å². The molecule has 0 spiro atoms. The largest absolute Gasteiger partial charge is 0.493 e. The molecule has 2 saturated heterocycles. The standard InChI is InChI=1S/C15H20N2O3/c1-18-13-2-10(3-14-15(13)20-9-19-14)6-17-7-11-4-16-5-12(11)8-17/h2-3,11-12,16H,4-9H2,1H3. The molecule has 0 amide bonds. The van der Waals surface area contributed by atoms with E-state index in [1.54, 1.807) is 7.11 Å². The number of ether oxygens (including phenoxy) is 3. The fraction of sp³-hybridized carbons (Fsp3) is 0.600. The summed E-state index contributed by atoms with van der Waals surface area (Å²) in [6.45, 7) is 5.97. The summed E-state index contributed by atoms with van der Waals surface area (Å²) >= 11 is 0. The first kappa shape index (κ1) is 12.3. The van der Waals surface area contributed by atoms with Crippen molar-refractivity contribution in [2.75, 3.05) is 40.1 Å². The molecule has 3 aliphatic rings. The average molecular weight is 276 g/mol. The lowest BCUT2D eigenvalue weighted by molar-refractivity contribution is 0.171. The maximum absolute atomic E-state index is 5.49. The van der Waals surface area contributed by atoms with Crippen molar-refractivity contribution in [3.63, 3.8) is 0 Å². The molecular formula is C15H20N2O3. The third-order valence-corrected chi connectivity index (χ3v) is 4.59. The van der Waals surface area contributed by atoms with E-state index in [1.165, 1.54) is 31.7 Å². The molecule has 1 aromatic carbocycles. The summed E-state index contributed by atoms with van der Waals surface area (Å²) in [4.78, 5) is 2.53. The molecule has 1 N–H and O–H groups in total. The van der Waals surface area contributed by atoms with Gasteiger partial charge in [0.05, 0.1) is 7.11 Å². The molecule has 0 saturated carbocycles. The maximum Gasteiger partial charge on any atom is 0.231 e. The van der Waals surface area contributed by atoms with E-state index in [2.05, 4.69) is 22.3 Å². The molecule has 2 unspecified atom stereocenters. The van der Waals surface area contributed by atoms with Crippen LogP contribution in [0.1, 0.15) is 5.56 Å². The van der Waals surface area contributed by atoms with Gasteiger partial charge < -0.3 is 19.5 Å². The number of benzene rings is 1. The monoisotopic (exact) mass is 276 g/mol. The van der Waals surface area contributed by atoms with Gasteiger partial charge in [-0.1, -0.05) is 0 Å². The molecule has 5 nitrogen and oxygen atoms in total. The Morgan fingerprint density at radius 1 is 1.25 bits per heavy atom. The van der Waals surface area contributed by atoms with Gasteiger partial charge in [-0.2, -0.15) is 0 Å². The number of fused-ring (bicyclic) bond motifs is 2. The van der Waals surface area contributed by atoms with Crippen molar-refractivity contribution in [3.05, 3.63) is 17.7 Å². The zero-order valence-corrected chi connectivity index (χ0v) is 11.7. The smallest absolute Gasteiger partial charge is 0.231 e. The van der Waals surface area contributed by atoms with E-state index < -0.39 is 0 Å². The molecule has 3 aliphatic heterocycles. The van der Waals surface area contributed by atoms with Crippen LogP contribution in [0.4, 0.5) is 0 Å². The van der Waals surface area contributed by atoms with Crippen LogP contribution in [0.3, 0.4) is 0 Å². The fourth-order valence-corrected chi connectivity index (χ4v) is 3.62. The highest BCUT2D eigenvalue weighted by Crippen LogP contribution is 2.42. The van der Waals surface area contributed by atoms with Crippen LogP contribution < -0.4 is 19.5 Å². The van der Waals surface area contributed by atoms with Gasteiger partial charge in [0.25, 0.3) is 0 Å². The minimum absolute atomic E-state index is 0.286. The average Bonchev–Trinajstić information content (AvgIpc) is 3.12. The van der Waals surface area contributed by atoms with E-state index in [0.29, 0.717) is 0 Å². The second kappa shape index (κ2) is 4.82. The quantitative estimate of drug-likeness (QED) is 0.895. The van der Waals surface area contributed by atoms with Crippen molar-refractivity contribution in [1.82, 2.24) is 10.2 Å². The molecule has 1 aromatic rings. The van der Waals surface area contributed by atoms with Crippen molar-refractivity contribution in [1.29, 1.82) is 0 Å². The van der Waals surface area contributed by atoms with Gasteiger partial charge >= 0.3 is 0 Å². The van der Waals surface area contributed by atoms with Crippen LogP contribution in [0.5, 0.6) is 17.2 Å². The van der Waals surface area contributed by atoms with Gasteiger partial charge in [0.2, 0.25) is 12.5 Å². The molecule has 5 heteroatoms. The molecule has 0 aromatic heterocycles. The molecule has 0 aliphatic carbocycles. The summed E-state index contributed by atoms with van der Waals surface area (Å²) in [6.07, 6.45) is 0. The Kier molecular flexibility index (Phi) is 2.97. The Hall–Kier alpha value is -1.46. The zero-order chi connectivity index (χ0) is 13.5. The number of likely N-dealkylation sites (tertiary alicyclic amines) is 1. The summed E-state index contributed by atoms with van der Waals surface area (Å²) in [6, 6.07) is 4.15. The van der Waals surface area contributed by atoms with E-state index in [9.17, 15) is 0 Å². The van der Waals surface area contributed by atoms with Gasteiger partial charge in [0, 0.05) is 19.6 Å². The Labute approximate surface area is 118 Å². The molecular weight excluding hydrogens is 256 g/mol. The molecule has 0 radical (unpaired) electrons. The fourth-order valence-electron chi connectivity index (χ4n) is 3.62. The van der Waals surface area contributed by atoms with Gasteiger partial charge in [0.1, 0.15) is 0 Å². The minimum atomic E-state index is 0.286. The molecule has 108 valence electrons. The number of rotatable bonds is 3. The molecule has 20 heavy (non-hydrogen) atoms. The second-order valence-electron chi connectivity index (χ2n) is 5.90. The van der Waals surface area contributed by atoms with Crippen molar-refractivity contribution >= 4 is 0 Å². The number of nitrogens with one attached hydrogen (secondary N) is 1. The minimum Gasteiger partial charge on any atom is -0.493 e. The van der Waals surface area contributed by atoms with E-state index in [1.807, 2.05) is 0 Å². The van der Waals surface area contributed by atoms with Crippen molar-refractivity contribution in [2.24, 2.45) is 11.8 Å². The summed E-state index contributed by atoms with van der Waals surface area (Å²) in [5, 5.41) is 3.48. The molecule has 2 atom stereocenters. The Morgan fingerprint density at radius 3 is 2.80 bits per heavy atom. The number of hydrogen-bond donors (Lipinski definition) is 1. The Bertz CT molecular complexity index is 508. The summed E-state index contributed by atoms with van der Waals surface area (Å²) in [7, 11) is 1.67. The van der Waals surface area contributed by atoms with Crippen molar-refractivity contribution in [2.45, 2.75) is 6.54 Å². The lowest BCUT2D eigenvalue weighted by Crippen LogP contribution is -2.25. The van der Waals surface area contributed by atoms with Crippen LogP contribution in [0.15, 0.2) is 12.1 Å². The van der Waals surface area contributed by atoms with Crippen LogP contribution in [-0.4, -0.2) is 45.0 Å². The van der Waals surface area contributed by atoms with Crippen LogP contribution in [0.25, 0.3) is 0 Å². The van der Waals surface area contributed by atoms with Gasteiger partial charge in [-0.15, -0.1) is 0 Å². The first-order chi connectivity index (χ1) is 9.83. The maximum atomic E-state index is 5.49. The lowest BCUT2D eigenvalue weighted by Gasteiger charge is -2.18. The summed E-state index contributed by atoms with van der Waals surface area (Å²) in [5.41, 5.74) is 1.24. The number of nitrogens with zero attached hydrogens (tertiary/aromatic N) is 1. The highest BCUT2D eigenvalue weighted by molar-refractivity contribution is 5.55. The molecule has 4 rings (SSSR count). The topological polar surface area (TPSA) is 43.0 Å². The number of methoxy groups -OCH3 is 1. The third kappa shape index (κ3) is 2.01. The van der Waals surface area contributed by atoms with Gasteiger partial charge in [-0.05, 0) is 42.6 Å². The van der Waals surface area contributed by atoms with E-state index in [4.69, 9.17) is 14.2 Å². The highest BCUT2D eigenvalue weighted by Gasteiger charge is 2.36. The third-order valence-electron chi connectivity index (χ3n) is 4.59.